The van der Waals surface area contributed by atoms with Crippen molar-refractivity contribution in [3.8, 4) is 11.4 Å². The minimum absolute atomic E-state index is 0.693. The van der Waals surface area contributed by atoms with E-state index in [4.69, 9.17) is 14.4 Å². The van der Waals surface area contributed by atoms with E-state index < -0.39 is 6.17 Å². The minimum atomic E-state index is -0.693. The Morgan fingerprint density at radius 2 is 0.985 bits per heavy atom. The zero-order chi connectivity index (χ0) is 42.6. The zero-order valence-corrected chi connectivity index (χ0v) is 35.0. The highest BCUT2D eigenvalue weighted by Crippen LogP contribution is 2.44. The molecular formula is C59H37N5O. The summed E-state index contributed by atoms with van der Waals surface area (Å²) in [5.41, 5.74) is 11.1. The van der Waals surface area contributed by atoms with E-state index in [9.17, 15) is 0 Å². The molecule has 6 nitrogen and oxygen atoms in total. The number of rotatable bonds is 5. The molecule has 1 atom stereocenters. The van der Waals surface area contributed by atoms with Crippen molar-refractivity contribution in [2.75, 3.05) is 0 Å². The maximum Gasteiger partial charge on any atom is 0.172 e. The topological polar surface area (TPSA) is 59.8 Å². The lowest BCUT2D eigenvalue weighted by atomic mass is 9.99. The SMILES string of the molecule is c1ccc(-n2c3ccccc3c3cccc(C4=NC(c5c(-n6c7ccccc7c7cc8ccccc8cc76)ccc6oc7ccccc7c56)N=C(c5cccc6ccccc56)N4)c32)cc1. The standard InChI is InChI=1S/C59H37N5O/c1-2-20-39(21-3-1)63-48-29-11-8-23-41(48)43-26-15-28-46(56(43)63)58-60-57(44-27-14-19-36-16-6-7-22-40(36)44)61-59(62-58)55-50(32-33-53-54(55)45-25-10-13-31-52(45)65-53)64-49-30-12-9-24-42(49)47-34-37-17-4-5-18-38(37)35-51(47)64/h1-35,59H,(H,60,61,62). The number of para-hydroxylation sites is 5. The average Bonchev–Trinajstić information content (AvgIpc) is 4.03. The van der Waals surface area contributed by atoms with E-state index >= 15 is 0 Å². The molecule has 0 saturated carbocycles. The van der Waals surface area contributed by atoms with Crippen molar-refractivity contribution in [1.82, 2.24) is 14.5 Å². The van der Waals surface area contributed by atoms with Crippen LogP contribution in [0.4, 0.5) is 0 Å². The summed E-state index contributed by atoms with van der Waals surface area (Å²) < 4.78 is 11.5. The molecule has 3 aromatic heterocycles. The number of fused-ring (bicyclic) bond motifs is 11. The van der Waals surface area contributed by atoms with E-state index in [1.165, 1.54) is 26.9 Å². The molecule has 1 aliphatic rings. The summed E-state index contributed by atoms with van der Waals surface area (Å²) in [5.74, 6) is 1.49. The second-order valence-corrected chi connectivity index (χ2v) is 16.9. The fourth-order valence-corrected chi connectivity index (χ4v) is 10.5. The third kappa shape index (κ3) is 5.34. The van der Waals surface area contributed by atoms with E-state index in [-0.39, 0.29) is 0 Å². The van der Waals surface area contributed by atoms with Crippen LogP contribution in [0.5, 0.6) is 0 Å². The van der Waals surface area contributed by atoms with Crippen molar-refractivity contribution >= 4 is 98.8 Å². The normalized spacial score (nSPS) is 14.3. The Bertz CT molecular complexity index is 4160. The summed E-state index contributed by atoms with van der Waals surface area (Å²) >= 11 is 0. The number of amidine groups is 2. The second-order valence-electron chi connectivity index (χ2n) is 16.9. The number of nitrogens with zero attached hydrogens (tertiary/aromatic N) is 4. The summed E-state index contributed by atoms with van der Waals surface area (Å²) in [4.78, 5) is 11.5. The Morgan fingerprint density at radius 1 is 0.400 bits per heavy atom. The van der Waals surface area contributed by atoms with Gasteiger partial charge in [-0.1, -0.05) is 152 Å². The minimum Gasteiger partial charge on any atom is -0.456 e. The number of benzene rings is 10. The molecule has 0 spiro atoms. The van der Waals surface area contributed by atoms with Gasteiger partial charge in [-0.25, -0.2) is 9.98 Å². The number of furan rings is 1. The highest BCUT2D eigenvalue weighted by Gasteiger charge is 2.30. The smallest absolute Gasteiger partial charge is 0.172 e. The van der Waals surface area contributed by atoms with Crippen LogP contribution in [-0.2, 0) is 0 Å². The molecule has 0 radical (unpaired) electrons. The highest BCUT2D eigenvalue weighted by atomic mass is 16.3. The summed E-state index contributed by atoms with van der Waals surface area (Å²) in [6, 6.07) is 75.5. The number of nitrogens with one attached hydrogen (secondary N) is 1. The summed E-state index contributed by atoms with van der Waals surface area (Å²) in [6.07, 6.45) is -0.693. The van der Waals surface area contributed by atoms with Crippen LogP contribution in [0.25, 0.3) is 98.5 Å². The maximum absolute atomic E-state index is 6.70. The molecule has 1 aliphatic heterocycles. The van der Waals surface area contributed by atoms with Crippen molar-refractivity contribution in [3.05, 3.63) is 229 Å². The van der Waals surface area contributed by atoms with Crippen molar-refractivity contribution in [2.45, 2.75) is 6.17 Å². The molecule has 65 heavy (non-hydrogen) atoms. The number of hydrogen-bond acceptors (Lipinski definition) is 4. The van der Waals surface area contributed by atoms with Gasteiger partial charge in [0.15, 0.2) is 6.17 Å². The van der Waals surface area contributed by atoms with Crippen LogP contribution >= 0.6 is 0 Å². The molecule has 4 heterocycles. The van der Waals surface area contributed by atoms with Gasteiger partial charge in [0.2, 0.25) is 0 Å². The summed E-state index contributed by atoms with van der Waals surface area (Å²) in [7, 11) is 0. The second kappa shape index (κ2) is 13.9. The molecule has 0 amide bonds. The molecule has 6 heteroatoms. The quantitative estimate of drug-likeness (QED) is 0.188. The molecule has 14 rings (SSSR count). The van der Waals surface area contributed by atoms with Crippen molar-refractivity contribution in [2.24, 2.45) is 9.98 Å². The first-order chi connectivity index (χ1) is 32.2. The fourth-order valence-electron chi connectivity index (χ4n) is 10.5. The van der Waals surface area contributed by atoms with Crippen LogP contribution in [-0.4, -0.2) is 20.8 Å². The zero-order valence-electron chi connectivity index (χ0n) is 35.0. The van der Waals surface area contributed by atoms with Crippen LogP contribution in [0, 0.1) is 0 Å². The predicted octanol–water partition coefficient (Wildman–Crippen LogP) is 14.6. The Morgan fingerprint density at radius 3 is 1.80 bits per heavy atom. The van der Waals surface area contributed by atoms with Crippen LogP contribution in [0.2, 0.25) is 0 Å². The molecule has 13 aromatic rings. The Labute approximate surface area is 372 Å². The van der Waals surface area contributed by atoms with Crippen molar-refractivity contribution in [1.29, 1.82) is 0 Å². The van der Waals surface area contributed by atoms with E-state index in [0.29, 0.717) is 0 Å². The van der Waals surface area contributed by atoms with Crippen molar-refractivity contribution < 1.29 is 4.42 Å². The van der Waals surface area contributed by atoms with Gasteiger partial charge in [-0.3, -0.25) is 0 Å². The van der Waals surface area contributed by atoms with Gasteiger partial charge in [-0.15, -0.1) is 0 Å². The third-order valence-electron chi connectivity index (χ3n) is 13.3. The van der Waals surface area contributed by atoms with E-state index in [1.807, 2.05) is 6.07 Å². The van der Waals surface area contributed by atoms with E-state index in [1.54, 1.807) is 0 Å². The van der Waals surface area contributed by atoms with Gasteiger partial charge in [0.25, 0.3) is 0 Å². The van der Waals surface area contributed by atoms with Gasteiger partial charge in [0.05, 0.1) is 27.8 Å². The first kappa shape index (κ1) is 35.8. The van der Waals surface area contributed by atoms with Gasteiger partial charge in [0.1, 0.15) is 22.8 Å². The van der Waals surface area contributed by atoms with Crippen molar-refractivity contribution in [3.63, 3.8) is 0 Å². The maximum atomic E-state index is 6.70. The van der Waals surface area contributed by atoms with Gasteiger partial charge >= 0.3 is 0 Å². The fraction of sp³-hybridized carbons (Fsp3) is 0.0169. The lowest BCUT2D eigenvalue weighted by Gasteiger charge is -2.26. The van der Waals surface area contributed by atoms with Crippen LogP contribution in [0.1, 0.15) is 22.9 Å². The molecule has 0 aliphatic carbocycles. The van der Waals surface area contributed by atoms with E-state index in [0.717, 1.165) is 99.9 Å². The largest absolute Gasteiger partial charge is 0.456 e. The molecule has 0 bridgehead atoms. The molecule has 0 fully saturated rings. The number of aromatic nitrogens is 2. The first-order valence-corrected chi connectivity index (χ1v) is 22.1. The molecular weight excluding hydrogens is 795 g/mol. The van der Waals surface area contributed by atoms with Gasteiger partial charge in [0, 0.05) is 54.7 Å². The molecule has 0 saturated heterocycles. The van der Waals surface area contributed by atoms with Crippen LogP contribution in [0.3, 0.4) is 0 Å². The summed E-state index contributed by atoms with van der Waals surface area (Å²) in [5, 5.41) is 15.2. The molecule has 1 N–H and O–H groups in total. The molecule has 304 valence electrons. The lowest BCUT2D eigenvalue weighted by Crippen LogP contribution is -2.36. The van der Waals surface area contributed by atoms with Crippen LogP contribution < -0.4 is 5.32 Å². The first-order valence-electron chi connectivity index (χ1n) is 22.1. The Kier molecular flexibility index (Phi) is 7.65. The molecule has 1 unspecified atom stereocenters. The lowest BCUT2D eigenvalue weighted by molar-refractivity contribution is 0.667. The summed E-state index contributed by atoms with van der Waals surface area (Å²) in [6.45, 7) is 0. The van der Waals surface area contributed by atoms with Gasteiger partial charge in [-0.05, 0) is 82.2 Å². The predicted molar refractivity (Wildman–Crippen MR) is 269 cm³/mol. The highest BCUT2D eigenvalue weighted by molar-refractivity contribution is 6.25. The van der Waals surface area contributed by atoms with Crippen LogP contribution in [0.15, 0.2) is 227 Å². The van der Waals surface area contributed by atoms with E-state index in [2.05, 4.69) is 221 Å². The monoisotopic (exact) mass is 831 g/mol. The third-order valence-corrected chi connectivity index (χ3v) is 13.3. The van der Waals surface area contributed by atoms with Gasteiger partial charge < -0.3 is 18.9 Å². The molecule has 10 aromatic carbocycles. The van der Waals surface area contributed by atoms with Gasteiger partial charge in [-0.2, -0.15) is 0 Å². The number of hydrogen-bond donors (Lipinski definition) is 1. The Hall–Kier alpha value is -8.74. The Balaban J connectivity index is 1.12. The average molecular weight is 832 g/mol. The number of aliphatic imine (C=N–C) groups is 2.